The highest BCUT2D eigenvalue weighted by Gasteiger charge is 2.25. The van der Waals surface area contributed by atoms with Crippen molar-refractivity contribution in [3.63, 3.8) is 0 Å². The monoisotopic (exact) mass is 213 g/mol. The highest BCUT2D eigenvalue weighted by molar-refractivity contribution is 5.78. The minimum atomic E-state index is 0.0900. The highest BCUT2D eigenvalue weighted by atomic mass is 16.1. The minimum Gasteiger partial charge on any atom is -0.353 e. The zero-order valence-electron chi connectivity index (χ0n) is 10.2. The smallest absolute Gasteiger partial charge is 0.234 e. The van der Waals surface area contributed by atoms with Crippen LogP contribution >= 0.6 is 0 Å². The van der Waals surface area contributed by atoms with Crippen LogP contribution in [0.1, 0.15) is 27.2 Å². The Labute approximate surface area is 92.4 Å². The first-order valence-corrected chi connectivity index (χ1v) is 5.72. The van der Waals surface area contributed by atoms with E-state index < -0.39 is 0 Å². The van der Waals surface area contributed by atoms with Gasteiger partial charge in [-0.3, -0.25) is 4.79 Å². The van der Waals surface area contributed by atoms with Crippen molar-refractivity contribution in [2.75, 3.05) is 20.1 Å². The predicted octanol–water partition coefficient (Wildman–Crippen LogP) is 0.193. The van der Waals surface area contributed by atoms with Crippen LogP contribution in [0.25, 0.3) is 0 Å². The Morgan fingerprint density at radius 1 is 1.53 bits per heavy atom. The summed E-state index contributed by atoms with van der Waals surface area (Å²) in [6, 6.07) is 1.31. The van der Waals surface area contributed by atoms with Crippen molar-refractivity contribution in [1.82, 2.24) is 15.5 Å². The fourth-order valence-electron chi connectivity index (χ4n) is 1.95. The lowest BCUT2D eigenvalue weighted by Crippen LogP contribution is -2.42. The predicted molar refractivity (Wildman–Crippen MR) is 61.8 cm³/mol. The third kappa shape index (κ3) is 4.18. The molecule has 4 heteroatoms. The van der Waals surface area contributed by atoms with Gasteiger partial charge in [-0.2, -0.15) is 0 Å². The van der Waals surface area contributed by atoms with E-state index in [0.29, 0.717) is 18.6 Å². The number of likely N-dealkylation sites (N-methyl/N-ethyl adjacent to an activating group) is 1. The normalized spacial score (nSPS) is 27.3. The van der Waals surface area contributed by atoms with E-state index in [1.54, 1.807) is 0 Å². The molecule has 15 heavy (non-hydrogen) atoms. The zero-order chi connectivity index (χ0) is 11.4. The van der Waals surface area contributed by atoms with Gasteiger partial charge in [-0.15, -0.1) is 0 Å². The maximum Gasteiger partial charge on any atom is 0.234 e. The molecule has 0 radical (unpaired) electrons. The van der Waals surface area contributed by atoms with E-state index in [1.165, 1.54) is 0 Å². The molecule has 0 bridgehead atoms. The average molecular weight is 213 g/mol. The van der Waals surface area contributed by atoms with Gasteiger partial charge in [0, 0.05) is 24.7 Å². The summed E-state index contributed by atoms with van der Waals surface area (Å²) >= 11 is 0. The second kappa shape index (κ2) is 5.47. The quantitative estimate of drug-likeness (QED) is 0.701. The number of hydrogen-bond acceptors (Lipinski definition) is 3. The minimum absolute atomic E-state index is 0.0900. The molecule has 2 N–H and O–H groups in total. The highest BCUT2D eigenvalue weighted by Crippen LogP contribution is 2.14. The molecule has 1 fully saturated rings. The van der Waals surface area contributed by atoms with Gasteiger partial charge >= 0.3 is 0 Å². The second-order valence-electron chi connectivity index (χ2n) is 4.82. The summed E-state index contributed by atoms with van der Waals surface area (Å²) in [6.45, 7) is 7.64. The first-order valence-electron chi connectivity index (χ1n) is 5.72. The molecule has 1 amide bonds. The van der Waals surface area contributed by atoms with Gasteiger partial charge < -0.3 is 15.5 Å². The number of nitrogens with zero attached hydrogens (tertiary/aromatic N) is 1. The fourth-order valence-corrected chi connectivity index (χ4v) is 1.95. The molecular formula is C11H23N3O. The van der Waals surface area contributed by atoms with E-state index in [9.17, 15) is 4.79 Å². The van der Waals surface area contributed by atoms with Crippen LogP contribution < -0.4 is 10.6 Å². The Morgan fingerprint density at radius 2 is 2.20 bits per heavy atom. The Kier molecular flexibility index (Phi) is 4.54. The molecular weight excluding hydrogens is 190 g/mol. The standard InChI is InChI=1S/C11H23N3O/c1-8(2)13-11(15)6-12-10-5-9(3)14(4)7-10/h8-10,12H,5-7H2,1-4H3,(H,13,15). The van der Waals surface area contributed by atoms with Crippen molar-refractivity contribution < 1.29 is 4.79 Å². The Morgan fingerprint density at radius 3 is 2.67 bits per heavy atom. The van der Waals surface area contributed by atoms with Crippen LogP contribution in [0.3, 0.4) is 0 Å². The van der Waals surface area contributed by atoms with Crippen LogP contribution in [0.2, 0.25) is 0 Å². The molecule has 0 aliphatic carbocycles. The molecule has 1 aliphatic rings. The van der Waals surface area contributed by atoms with Crippen molar-refractivity contribution in [2.24, 2.45) is 0 Å². The van der Waals surface area contributed by atoms with Crippen molar-refractivity contribution in [3.05, 3.63) is 0 Å². The maximum atomic E-state index is 11.4. The topological polar surface area (TPSA) is 44.4 Å². The van der Waals surface area contributed by atoms with E-state index in [0.717, 1.165) is 13.0 Å². The van der Waals surface area contributed by atoms with Gasteiger partial charge in [0.15, 0.2) is 0 Å². The summed E-state index contributed by atoms with van der Waals surface area (Å²) in [4.78, 5) is 13.7. The third-order valence-electron chi connectivity index (χ3n) is 2.89. The molecule has 0 spiro atoms. The first kappa shape index (κ1) is 12.5. The number of rotatable bonds is 4. The summed E-state index contributed by atoms with van der Waals surface area (Å²) in [5.74, 6) is 0.0900. The summed E-state index contributed by atoms with van der Waals surface area (Å²) < 4.78 is 0. The Bertz CT molecular complexity index is 208. The van der Waals surface area contributed by atoms with Gasteiger partial charge in [-0.05, 0) is 34.2 Å². The lowest BCUT2D eigenvalue weighted by atomic mass is 10.2. The van der Waals surface area contributed by atoms with E-state index in [4.69, 9.17) is 0 Å². The Balaban J connectivity index is 2.18. The zero-order valence-corrected chi connectivity index (χ0v) is 10.2. The van der Waals surface area contributed by atoms with Gasteiger partial charge in [-0.1, -0.05) is 0 Å². The molecule has 0 saturated carbocycles. The summed E-state index contributed by atoms with van der Waals surface area (Å²) in [6.07, 6.45) is 1.13. The lowest BCUT2D eigenvalue weighted by molar-refractivity contribution is -0.120. The fraction of sp³-hybridized carbons (Fsp3) is 0.909. The molecule has 0 aromatic rings. The van der Waals surface area contributed by atoms with Crippen LogP contribution in [-0.4, -0.2) is 49.1 Å². The average Bonchev–Trinajstić information content (AvgIpc) is 2.42. The Hall–Kier alpha value is -0.610. The molecule has 0 aromatic carbocycles. The lowest BCUT2D eigenvalue weighted by Gasteiger charge is -2.14. The second-order valence-corrected chi connectivity index (χ2v) is 4.82. The summed E-state index contributed by atoms with van der Waals surface area (Å²) in [5, 5.41) is 6.17. The summed E-state index contributed by atoms with van der Waals surface area (Å²) in [5.41, 5.74) is 0. The molecule has 2 atom stereocenters. The molecule has 1 rings (SSSR count). The van der Waals surface area contributed by atoms with E-state index in [-0.39, 0.29) is 11.9 Å². The van der Waals surface area contributed by atoms with Gasteiger partial charge in [0.05, 0.1) is 6.54 Å². The number of likely N-dealkylation sites (tertiary alicyclic amines) is 1. The third-order valence-corrected chi connectivity index (χ3v) is 2.89. The SMILES string of the molecule is CC(C)NC(=O)CNC1CC(C)N(C)C1. The van der Waals surface area contributed by atoms with E-state index in [2.05, 4.69) is 29.5 Å². The number of carbonyl (C=O) groups is 1. The van der Waals surface area contributed by atoms with Crippen LogP contribution in [0.15, 0.2) is 0 Å². The van der Waals surface area contributed by atoms with Crippen LogP contribution in [-0.2, 0) is 4.79 Å². The molecule has 88 valence electrons. The molecule has 2 unspecified atom stereocenters. The summed E-state index contributed by atoms with van der Waals surface area (Å²) in [7, 11) is 2.13. The van der Waals surface area contributed by atoms with Crippen molar-refractivity contribution in [3.8, 4) is 0 Å². The first-order chi connectivity index (χ1) is 6.99. The molecule has 0 aromatic heterocycles. The maximum absolute atomic E-state index is 11.4. The van der Waals surface area contributed by atoms with E-state index in [1.807, 2.05) is 13.8 Å². The molecule has 4 nitrogen and oxygen atoms in total. The number of amides is 1. The van der Waals surface area contributed by atoms with Crippen LogP contribution in [0, 0.1) is 0 Å². The van der Waals surface area contributed by atoms with Gasteiger partial charge in [0.1, 0.15) is 0 Å². The van der Waals surface area contributed by atoms with Crippen LogP contribution in [0.4, 0.5) is 0 Å². The van der Waals surface area contributed by atoms with Crippen molar-refractivity contribution in [2.45, 2.75) is 45.3 Å². The molecule has 1 saturated heterocycles. The van der Waals surface area contributed by atoms with Crippen molar-refractivity contribution >= 4 is 5.91 Å². The van der Waals surface area contributed by atoms with Gasteiger partial charge in [0.25, 0.3) is 0 Å². The number of hydrogen-bond donors (Lipinski definition) is 2. The number of carbonyl (C=O) groups excluding carboxylic acids is 1. The van der Waals surface area contributed by atoms with E-state index >= 15 is 0 Å². The van der Waals surface area contributed by atoms with Crippen LogP contribution in [0.5, 0.6) is 0 Å². The van der Waals surface area contributed by atoms with Crippen molar-refractivity contribution in [1.29, 1.82) is 0 Å². The molecule has 1 aliphatic heterocycles. The largest absolute Gasteiger partial charge is 0.353 e. The molecule has 1 heterocycles. The number of nitrogens with one attached hydrogen (secondary N) is 2. The van der Waals surface area contributed by atoms with Gasteiger partial charge in [-0.25, -0.2) is 0 Å². The van der Waals surface area contributed by atoms with Gasteiger partial charge in [0.2, 0.25) is 5.91 Å².